The molecular formula is C22H37BO4Si. The Morgan fingerprint density at radius 1 is 1.07 bits per heavy atom. The molecule has 1 aromatic rings. The average molecular weight is 404 g/mol. The quantitative estimate of drug-likeness (QED) is 0.624. The third-order valence-electron chi connectivity index (χ3n) is 6.55. The van der Waals surface area contributed by atoms with Crippen molar-refractivity contribution in [1.82, 2.24) is 0 Å². The predicted molar refractivity (Wildman–Crippen MR) is 118 cm³/mol. The summed E-state index contributed by atoms with van der Waals surface area (Å²) in [6.45, 7) is 20.9. The van der Waals surface area contributed by atoms with Crippen LogP contribution in [0.25, 0.3) is 0 Å². The van der Waals surface area contributed by atoms with Crippen molar-refractivity contribution in [3.8, 4) is 0 Å². The molecule has 0 aromatic heterocycles. The van der Waals surface area contributed by atoms with Gasteiger partial charge in [-0.2, -0.15) is 0 Å². The van der Waals surface area contributed by atoms with E-state index in [-0.39, 0.29) is 35.2 Å². The first-order valence-electron chi connectivity index (χ1n) is 10.2. The van der Waals surface area contributed by atoms with Crippen LogP contribution >= 0.6 is 0 Å². The van der Waals surface area contributed by atoms with Gasteiger partial charge in [0, 0.05) is 6.42 Å². The number of rotatable bonds is 6. The van der Waals surface area contributed by atoms with Gasteiger partial charge >= 0.3 is 7.12 Å². The van der Waals surface area contributed by atoms with E-state index in [9.17, 15) is 4.79 Å². The molecule has 1 aliphatic heterocycles. The highest BCUT2D eigenvalue weighted by molar-refractivity contribution is 6.74. The molecule has 28 heavy (non-hydrogen) atoms. The van der Waals surface area contributed by atoms with E-state index in [1.807, 2.05) is 24.3 Å². The molecule has 1 heterocycles. The first-order valence-corrected chi connectivity index (χ1v) is 13.1. The summed E-state index contributed by atoms with van der Waals surface area (Å²) in [6.07, 6.45) is 0.174. The SMILES string of the molecule is CC(=O)CC(O[Si](C)(C)C(C)(C)C)c1ccc(B2OC(C)(C)C(C)(C)O2)cc1. The average Bonchev–Trinajstić information content (AvgIpc) is 2.73. The number of benzene rings is 1. The van der Waals surface area contributed by atoms with Gasteiger partial charge < -0.3 is 13.7 Å². The third-order valence-corrected chi connectivity index (χ3v) is 11.0. The summed E-state index contributed by atoms with van der Waals surface area (Å²) in [5.41, 5.74) is 1.29. The molecule has 1 fully saturated rings. The number of carbonyl (C=O) groups is 1. The van der Waals surface area contributed by atoms with Crippen molar-refractivity contribution in [1.29, 1.82) is 0 Å². The predicted octanol–water partition coefficient (Wildman–Crippen LogP) is 5.03. The lowest BCUT2D eigenvalue weighted by Gasteiger charge is -2.39. The molecule has 1 atom stereocenters. The summed E-state index contributed by atoms with van der Waals surface area (Å²) in [6, 6.07) is 8.14. The molecule has 156 valence electrons. The topological polar surface area (TPSA) is 44.8 Å². The van der Waals surface area contributed by atoms with E-state index in [1.165, 1.54) is 0 Å². The number of ketones is 1. The molecule has 1 saturated heterocycles. The minimum absolute atomic E-state index is 0.0880. The van der Waals surface area contributed by atoms with Crippen molar-refractivity contribution in [2.24, 2.45) is 0 Å². The van der Waals surface area contributed by atoms with E-state index in [2.05, 4.69) is 61.6 Å². The fraction of sp³-hybridized carbons (Fsp3) is 0.682. The van der Waals surface area contributed by atoms with E-state index in [4.69, 9.17) is 13.7 Å². The second-order valence-electron chi connectivity index (χ2n) is 10.5. The van der Waals surface area contributed by atoms with Crippen LogP contribution < -0.4 is 5.46 Å². The first-order chi connectivity index (χ1) is 12.6. The van der Waals surface area contributed by atoms with Crippen molar-refractivity contribution in [3.05, 3.63) is 29.8 Å². The zero-order chi connectivity index (χ0) is 21.5. The Morgan fingerprint density at radius 2 is 1.54 bits per heavy atom. The highest BCUT2D eigenvalue weighted by Gasteiger charge is 2.51. The van der Waals surface area contributed by atoms with Crippen LogP contribution in [0.3, 0.4) is 0 Å². The molecule has 2 rings (SSSR count). The molecule has 6 heteroatoms. The number of hydrogen-bond acceptors (Lipinski definition) is 4. The minimum atomic E-state index is -2.00. The highest BCUT2D eigenvalue weighted by atomic mass is 28.4. The van der Waals surface area contributed by atoms with Crippen molar-refractivity contribution in [2.45, 2.75) is 97.2 Å². The minimum Gasteiger partial charge on any atom is -0.409 e. The zero-order valence-electron chi connectivity index (χ0n) is 19.3. The number of hydrogen-bond donors (Lipinski definition) is 0. The van der Waals surface area contributed by atoms with Crippen molar-refractivity contribution < 1.29 is 18.5 Å². The van der Waals surface area contributed by atoms with E-state index in [0.29, 0.717) is 6.42 Å². The smallest absolute Gasteiger partial charge is 0.409 e. The first kappa shape index (κ1) is 23.3. The summed E-state index contributed by atoms with van der Waals surface area (Å²) >= 11 is 0. The van der Waals surface area contributed by atoms with Crippen molar-refractivity contribution in [2.75, 3.05) is 0 Å². The number of Topliss-reactive ketones (excluding diaryl/α,β-unsaturated/α-hetero) is 1. The largest absolute Gasteiger partial charge is 0.494 e. The summed E-state index contributed by atoms with van der Waals surface area (Å²) in [5.74, 6) is 0.138. The molecule has 1 aliphatic rings. The molecule has 4 nitrogen and oxygen atoms in total. The van der Waals surface area contributed by atoms with Gasteiger partial charge in [-0.25, -0.2) is 0 Å². The van der Waals surface area contributed by atoms with Crippen LogP contribution in [0.1, 0.15) is 73.5 Å². The standard InChI is InChI=1S/C22H37BO4Si/c1-16(24)15-19(25-28(9,10)20(2,3)4)17-11-13-18(14-12-17)23-26-21(5,6)22(7,8)27-23/h11-14,19H,15H2,1-10H3. The Kier molecular flexibility index (Phi) is 6.42. The Bertz CT molecular complexity index is 688. The third kappa shape index (κ3) is 4.96. The molecule has 0 N–H and O–H groups in total. The molecule has 0 amide bonds. The molecule has 0 saturated carbocycles. The Balaban J connectivity index is 2.24. The molecule has 0 spiro atoms. The second kappa shape index (κ2) is 7.71. The summed E-state index contributed by atoms with van der Waals surface area (Å²) < 4.78 is 18.9. The van der Waals surface area contributed by atoms with Gasteiger partial charge in [0.2, 0.25) is 0 Å². The fourth-order valence-corrected chi connectivity index (χ4v) is 4.15. The molecule has 0 aliphatic carbocycles. The van der Waals surface area contributed by atoms with Gasteiger partial charge in [0.05, 0.1) is 17.3 Å². The normalized spacial score (nSPS) is 20.3. The summed E-state index contributed by atoms with van der Waals surface area (Å²) in [7, 11) is -2.38. The van der Waals surface area contributed by atoms with Gasteiger partial charge in [0.1, 0.15) is 5.78 Å². The van der Waals surface area contributed by atoms with Gasteiger partial charge in [0.25, 0.3) is 0 Å². The van der Waals surface area contributed by atoms with Gasteiger partial charge in [-0.3, -0.25) is 4.79 Å². The summed E-state index contributed by atoms with van der Waals surface area (Å²) in [5, 5.41) is 0.0880. The molecule has 1 aromatic carbocycles. The van der Waals surface area contributed by atoms with Gasteiger partial charge in [-0.05, 0) is 63.8 Å². The molecule has 0 bridgehead atoms. The summed E-state index contributed by atoms with van der Waals surface area (Å²) in [4.78, 5) is 11.9. The van der Waals surface area contributed by atoms with Crippen LogP contribution in [0.2, 0.25) is 18.1 Å². The van der Waals surface area contributed by atoms with Crippen LogP contribution in [-0.2, 0) is 18.5 Å². The van der Waals surface area contributed by atoms with E-state index in [1.54, 1.807) is 6.92 Å². The van der Waals surface area contributed by atoms with Crippen LogP contribution in [0, 0.1) is 0 Å². The van der Waals surface area contributed by atoms with Crippen LogP contribution in [0.5, 0.6) is 0 Å². The maximum atomic E-state index is 11.9. The Hall–Kier alpha value is -0.948. The van der Waals surface area contributed by atoms with Crippen LogP contribution in [0.15, 0.2) is 24.3 Å². The van der Waals surface area contributed by atoms with Crippen LogP contribution in [-0.4, -0.2) is 32.4 Å². The molecular weight excluding hydrogens is 367 g/mol. The number of carbonyl (C=O) groups excluding carboxylic acids is 1. The highest BCUT2D eigenvalue weighted by Crippen LogP contribution is 2.41. The zero-order valence-corrected chi connectivity index (χ0v) is 20.3. The lowest BCUT2D eigenvalue weighted by molar-refractivity contribution is -0.118. The van der Waals surface area contributed by atoms with Gasteiger partial charge in [0.15, 0.2) is 8.32 Å². The lowest BCUT2D eigenvalue weighted by atomic mass is 9.78. The molecule has 0 radical (unpaired) electrons. The second-order valence-corrected chi connectivity index (χ2v) is 15.3. The van der Waals surface area contributed by atoms with Gasteiger partial charge in [-0.15, -0.1) is 0 Å². The van der Waals surface area contributed by atoms with Crippen molar-refractivity contribution >= 4 is 26.7 Å². The Labute approximate surface area is 172 Å². The van der Waals surface area contributed by atoms with Gasteiger partial charge in [-0.1, -0.05) is 45.0 Å². The van der Waals surface area contributed by atoms with E-state index < -0.39 is 8.32 Å². The fourth-order valence-electron chi connectivity index (χ4n) is 2.87. The lowest BCUT2D eigenvalue weighted by Crippen LogP contribution is -2.42. The van der Waals surface area contributed by atoms with E-state index in [0.717, 1.165) is 11.0 Å². The molecule has 1 unspecified atom stereocenters. The monoisotopic (exact) mass is 404 g/mol. The Morgan fingerprint density at radius 3 is 1.93 bits per heavy atom. The van der Waals surface area contributed by atoms with Crippen LogP contribution in [0.4, 0.5) is 0 Å². The maximum absolute atomic E-state index is 11.9. The maximum Gasteiger partial charge on any atom is 0.494 e. The van der Waals surface area contributed by atoms with E-state index >= 15 is 0 Å². The van der Waals surface area contributed by atoms with Crippen molar-refractivity contribution in [3.63, 3.8) is 0 Å².